The molecule has 0 saturated carbocycles. The van der Waals surface area contributed by atoms with Gasteiger partial charge in [-0.25, -0.2) is 15.3 Å². The van der Waals surface area contributed by atoms with Gasteiger partial charge in [-0.3, -0.25) is 0 Å². The molecular weight excluding hydrogens is 278 g/mol. The van der Waals surface area contributed by atoms with E-state index in [4.69, 9.17) is 10.6 Å². The van der Waals surface area contributed by atoms with E-state index in [1.165, 1.54) is 0 Å². The van der Waals surface area contributed by atoms with Crippen LogP contribution in [0, 0.1) is 0 Å². The van der Waals surface area contributed by atoms with Gasteiger partial charge in [-0.05, 0) is 36.8 Å². The molecular formula is C16H19N5O. The topological polar surface area (TPSA) is 77.5 Å². The Morgan fingerprint density at radius 1 is 1.27 bits per heavy atom. The number of unbranched alkanes of at least 4 members (excludes halogenated alkanes) is 1. The first-order chi connectivity index (χ1) is 10.8. The fraction of sp³-hybridized carbons (Fsp3) is 0.250. The number of nitrogen functional groups attached to an aromatic ring is 1. The summed E-state index contributed by atoms with van der Waals surface area (Å²) < 4.78 is 7.42. The van der Waals surface area contributed by atoms with Gasteiger partial charge in [0, 0.05) is 18.0 Å². The maximum Gasteiger partial charge on any atom is 0.166 e. The average Bonchev–Trinajstić information content (AvgIpc) is 3.00. The molecule has 3 aromatic rings. The second-order valence-electron chi connectivity index (χ2n) is 5.01. The lowest BCUT2D eigenvalue weighted by atomic mass is 10.1. The number of nitrogens with one attached hydrogen (secondary N) is 1. The molecule has 3 N–H and O–H groups in total. The molecule has 0 aliphatic carbocycles. The highest BCUT2D eigenvalue weighted by atomic mass is 16.5. The Morgan fingerprint density at radius 3 is 2.82 bits per heavy atom. The van der Waals surface area contributed by atoms with Crippen molar-refractivity contribution in [3.8, 4) is 17.0 Å². The third-order valence-corrected chi connectivity index (χ3v) is 3.44. The average molecular weight is 297 g/mol. The first-order valence-corrected chi connectivity index (χ1v) is 7.36. The van der Waals surface area contributed by atoms with E-state index in [0.717, 1.165) is 42.0 Å². The second-order valence-corrected chi connectivity index (χ2v) is 5.01. The molecule has 0 unspecified atom stereocenters. The smallest absolute Gasteiger partial charge is 0.166 e. The van der Waals surface area contributed by atoms with E-state index in [-0.39, 0.29) is 0 Å². The van der Waals surface area contributed by atoms with Crippen molar-refractivity contribution in [2.45, 2.75) is 19.8 Å². The Morgan fingerprint density at radius 2 is 2.09 bits per heavy atom. The molecule has 114 valence electrons. The molecule has 0 fully saturated rings. The summed E-state index contributed by atoms with van der Waals surface area (Å²) in [6.07, 6.45) is 5.65. The molecule has 0 bridgehead atoms. The number of aromatic nitrogens is 3. The number of fused-ring (bicyclic) bond motifs is 1. The zero-order valence-corrected chi connectivity index (χ0v) is 12.5. The van der Waals surface area contributed by atoms with Crippen molar-refractivity contribution in [2.24, 2.45) is 5.84 Å². The van der Waals surface area contributed by atoms with Crippen molar-refractivity contribution < 1.29 is 4.74 Å². The summed E-state index contributed by atoms with van der Waals surface area (Å²) in [6.45, 7) is 2.90. The molecule has 2 heterocycles. The largest absolute Gasteiger partial charge is 0.494 e. The third kappa shape index (κ3) is 2.87. The van der Waals surface area contributed by atoms with Crippen LogP contribution in [0.1, 0.15) is 19.8 Å². The number of hydrogen-bond donors (Lipinski definition) is 2. The van der Waals surface area contributed by atoms with Gasteiger partial charge in [0.2, 0.25) is 0 Å². The van der Waals surface area contributed by atoms with E-state index in [9.17, 15) is 0 Å². The number of rotatable bonds is 6. The quantitative estimate of drug-likeness (QED) is 0.415. The Bertz CT molecular complexity index is 751. The Hall–Kier alpha value is -2.60. The van der Waals surface area contributed by atoms with Crippen LogP contribution < -0.4 is 16.0 Å². The summed E-state index contributed by atoms with van der Waals surface area (Å²) >= 11 is 0. The van der Waals surface area contributed by atoms with E-state index < -0.39 is 0 Å². The van der Waals surface area contributed by atoms with Crippen molar-refractivity contribution in [3.05, 3.63) is 42.7 Å². The van der Waals surface area contributed by atoms with Gasteiger partial charge in [0.1, 0.15) is 11.3 Å². The van der Waals surface area contributed by atoms with Crippen LogP contribution in [0.4, 0.5) is 5.82 Å². The lowest BCUT2D eigenvalue weighted by Crippen LogP contribution is -2.09. The van der Waals surface area contributed by atoms with Crippen LogP contribution in [0.2, 0.25) is 0 Å². The monoisotopic (exact) mass is 297 g/mol. The van der Waals surface area contributed by atoms with Gasteiger partial charge >= 0.3 is 0 Å². The molecule has 3 rings (SSSR count). The molecule has 0 amide bonds. The molecule has 0 atom stereocenters. The van der Waals surface area contributed by atoms with E-state index in [0.29, 0.717) is 5.82 Å². The number of benzene rings is 1. The molecule has 0 radical (unpaired) electrons. The van der Waals surface area contributed by atoms with Crippen LogP contribution >= 0.6 is 0 Å². The molecule has 1 aromatic carbocycles. The van der Waals surface area contributed by atoms with Gasteiger partial charge in [-0.1, -0.05) is 13.3 Å². The third-order valence-electron chi connectivity index (χ3n) is 3.44. The van der Waals surface area contributed by atoms with Crippen molar-refractivity contribution in [1.82, 2.24) is 14.6 Å². The van der Waals surface area contributed by atoms with E-state index in [2.05, 4.69) is 22.4 Å². The zero-order chi connectivity index (χ0) is 15.4. The summed E-state index contributed by atoms with van der Waals surface area (Å²) in [5.41, 5.74) is 5.31. The fourth-order valence-corrected chi connectivity index (χ4v) is 2.23. The number of ether oxygens (including phenoxy) is 1. The van der Waals surface area contributed by atoms with Crippen molar-refractivity contribution in [1.29, 1.82) is 0 Å². The van der Waals surface area contributed by atoms with Crippen LogP contribution in [0.25, 0.3) is 16.8 Å². The summed E-state index contributed by atoms with van der Waals surface area (Å²) in [6, 6.07) is 9.90. The standard InChI is InChI=1S/C16H19N5O/c1-2-3-10-22-13-6-4-12(5-7-13)14-11-15-16(19-17)18-8-9-21(15)20-14/h4-9,11H,2-3,10,17H2,1H3,(H,18,19). The molecule has 2 aromatic heterocycles. The van der Waals surface area contributed by atoms with Gasteiger partial charge in [0.25, 0.3) is 0 Å². The summed E-state index contributed by atoms with van der Waals surface area (Å²) in [4.78, 5) is 4.17. The maximum atomic E-state index is 5.67. The normalized spacial score (nSPS) is 10.8. The summed E-state index contributed by atoms with van der Waals surface area (Å²) in [5, 5.41) is 4.54. The molecule has 0 saturated heterocycles. The highest BCUT2D eigenvalue weighted by molar-refractivity contribution is 5.74. The molecule has 0 aliphatic rings. The van der Waals surface area contributed by atoms with E-state index >= 15 is 0 Å². The van der Waals surface area contributed by atoms with Gasteiger partial charge in [-0.2, -0.15) is 5.10 Å². The van der Waals surface area contributed by atoms with Gasteiger partial charge in [-0.15, -0.1) is 0 Å². The van der Waals surface area contributed by atoms with Crippen LogP contribution in [0.15, 0.2) is 42.7 Å². The van der Waals surface area contributed by atoms with Crippen LogP contribution in [0.3, 0.4) is 0 Å². The van der Waals surface area contributed by atoms with Crippen LogP contribution in [-0.2, 0) is 0 Å². The van der Waals surface area contributed by atoms with Crippen LogP contribution in [0.5, 0.6) is 5.75 Å². The first-order valence-electron chi connectivity index (χ1n) is 7.36. The Kier molecular flexibility index (Phi) is 4.20. The van der Waals surface area contributed by atoms with E-state index in [1.54, 1.807) is 16.9 Å². The predicted octanol–water partition coefficient (Wildman–Crippen LogP) is 2.86. The first kappa shape index (κ1) is 14.3. The Balaban J connectivity index is 1.84. The van der Waals surface area contributed by atoms with Gasteiger partial charge in [0.15, 0.2) is 5.82 Å². The minimum atomic E-state index is 0.598. The SMILES string of the molecule is CCCCOc1ccc(-c2cc3c(NN)nccn3n2)cc1. The number of hydrazine groups is 1. The predicted molar refractivity (Wildman–Crippen MR) is 86.6 cm³/mol. The van der Waals surface area contributed by atoms with Crippen molar-refractivity contribution >= 4 is 11.3 Å². The number of anilines is 1. The summed E-state index contributed by atoms with van der Waals surface area (Å²) in [7, 11) is 0. The van der Waals surface area contributed by atoms with Crippen LogP contribution in [-0.4, -0.2) is 21.2 Å². The number of hydrogen-bond acceptors (Lipinski definition) is 5. The zero-order valence-electron chi connectivity index (χ0n) is 12.5. The lowest BCUT2D eigenvalue weighted by molar-refractivity contribution is 0.309. The minimum absolute atomic E-state index is 0.598. The molecule has 0 spiro atoms. The lowest BCUT2D eigenvalue weighted by Gasteiger charge is -2.05. The second kappa shape index (κ2) is 6.44. The summed E-state index contributed by atoms with van der Waals surface area (Å²) in [5.74, 6) is 6.95. The highest BCUT2D eigenvalue weighted by Gasteiger charge is 2.08. The molecule has 6 heteroatoms. The van der Waals surface area contributed by atoms with E-state index in [1.807, 2.05) is 30.3 Å². The van der Waals surface area contributed by atoms with Gasteiger partial charge < -0.3 is 10.2 Å². The van der Waals surface area contributed by atoms with Gasteiger partial charge in [0.05, 0.1) is 12.3 Å². The van der Waals surface area contributed by atoms with Crippen molar-refractivity contribution in [2.75, 3.05) is 12.0 Å². The maximum absolute atomic E-state index is 5.67. The molecule has 6 nitrogen and oxygen atoms in total. The molecule has 22 heavy (non-hydrogen) atoms. The minimum Gasteiger partial charge on any atom is -0.494 e. The number of nitrogens with two attached hydrogens (primary N) is 1. The molecule has 0 aliphatic heterocycles. The van der Waals surface area contributed by atoms with Crippen molar-refractivity contribution in [3.63, 3.8) is 0 Å². The Labute approximate surface area is 128 Å². The fourth-order valence-electron chi connectivity index (χ4n) is 2.23. The highest BCUT2D eigenvalue weighted by Crippen LogP contribution is 2.24. The number of nitrogens with zero attached hydrogens (tertiary/aromatic N) is 3.